The van der Waals surface area contributed by atoms with E-state index in [0.29, 0.717) is 67.1 Å². The Balaban J connectivity index is 1.28. The van der Waals surface area contributed by atoms with Gasteiger partial charge in [0.25, 0.3) is 5.69 Å². The maximum atomic E-state index is 13.1. The molecule has 5 rings (SSSR count). The van der Waals surface area contributed by atoms with E-state index in [-0.39, 0.29) is 28.5 Å². The Bertz CT molecular complexity index is 1260. The number of nitrogens with one attached hydrogen (secondary N) is 3. The van der Waals surface area contributed by atoms with Crippen LogP contribution in [0.2, 0.25) is 0 Å². The van der Waals surface area contributed by atoms with Crippen molar-refractivity contribution >= 4 is 39.8 Å². The van der Waals surface area contributed by atoms with Crippen molar-refractivity contribution in [2.45, 2.75) is 18.9 Å². The minimum atomic E-state index is -0.359. The Morgan fingerprint density at radius 2 is 1.81 bits per heavy atom. The zero-order valence-corrected chi connectivity index (χ0v) is 19.6. The Labute approximate surface area is 206 Å². The second-order valence-electron chi connectivity index (χ2n) is 8.92. The number of piperidine rings is 1. The van der Waals surface area contributed by atoms with Crippen molar-refractivity contribution in [1.82, 2.24) is 20.2 Å². The number of halogens is 1. The third-order valence-electron chi connectivity index (χ3n) is 6.60. The highest BCUT2D eigenvalue weighted by molar-refractivity contribution is 5.95. The molecule has 0 unspecified atom stereocenters. The van der Waals surface area contributed by atoms with E-state index in [2.05, 4.69) is 25.9 Å². The lowest BCUT2D eigenvalue weighted by Crippen LogP contribution is -2.44. The lowest BCUT2D eigenvalue weighted by Gasteiger charge is -2.33. The van der Waals surface area contributed by atoms with E-state index < -0.39 is 0 Å². The fourth-order valence-corrected chi connectivity index (χ4v) is 4.66. The van der Waals surface area contributed by atoms with E-state index in [1.54, 1.807) is 17.0 Å². The summed E-state index contributed by atoms with van der Waals surface area (Å²) in [4.78, 5) is 36.6. The van der Waals surface area contributed by atoms with E-state index in [1.807, 2.05) is 4.90 Å². The van der Waals surface area contributed by atoms with Gasteiger partial charge in [0.05, 0.1) is 10.4 Å². The molecule has 188 valence electrons. The number of piperazine rings is 1. The fourth-order valence-electron chi connectivity index (χ4n) is 4.66. The number of urea groups is 1. The number of anilines is 3. The molecule has 2 fully saturated rings. The van der Waals surface area contributed by atoms with Crippen molar-refractivity contribution in [3.8, 4) is 0 Å². The van der Waals surface area contributed by atoms with Crippen molar-refractivity contribution in [2.24, 2.45) is 0 Å². The van der Waals surface area contributed by atoms with Crippen LogP contribution < -0.4 is 20.9 Å². The Kier molecular flexibility index (Phi) is 6.76. The molecule has 0 atom stereocenters. The van der Waals surface area contributed by atoms with Gasteiger partial charge in [-0.2, -0.15) is 0 Å². The summed E-state index contributed by atoms with van der Waals surface area (Å²) in [6, 6.07) is 8.79. The van der Waals surface area contributed by atoms with Crippen LogP contribution in [0.1, 0.15) is 12.8 Å². The fraction of sp³-hybridized carbons (Fsp3) is 0.375. The highest BCUT2D eigenvalue weighted by Crippen LogP contribution is 2.35. The molecule has 0 saturated carbocycles. The predicted octanol–water partition coefficient (Wildman–Crippen LogP) is 3.20. The molecule has 2 saturated heterocycles. The molecule has 1 aromatic heterocycles. The average molecular weight is 495 g/mol. The first-order chi connectivity index (χ1) is 17.5. The van der Waals surface area contributed by atoms with Gasteiger partial charge < -0.3 is 25.8 Å². The van der Waals surface area contributed by atoms with Crippen molar-refractivity contribution in [2.75, 3.05) is 54.8 Å². The lowest BCUT2D eigenvalue weighted by atomic mass is 10.0. The molecular weight excluding hydrogens is 467 g/mol. The van der Waals surface area contributed by atoms with Crippen LogP contribution in [-0.2, 0) is 0 Å². The summed E-state index contributed by atoms with van der Waals surface area (Å²) in [7, 11) is 0. The van der Waals surface area contributed by atoms with Gasteiger partial charge in [0.15, 0.2) is 0 Å². The van der Waals surface area contributed by atoms with Crippen LogP contribution in [0.15, 0.2) is 42.7 Å². The summed E-state index contributed by atoms with van der Waals surface area (Å²) >= 11 is 0. The smallest absolute Gasteiger partial charge is 0.321 e. The minimum absolute atomic E-state index is 0.0366. The van der Waals surface area contributed by atoms with Gasteiger partial charge in [0.2, 0.25) is 0 Å². The van der Waals surface area contributed by atoms with E-state index in [4.69, 9.17) is 0 Å². The quantitative estimate of drug-likeness (QED) is 0.364. The summed E-state index contributed by atoms with van der Waals surface area (Å²) in [5.74, 6) is 0.187. The van der Waals surface area contributed by atoms with Gasteiger partial charge in [-0.1, -0.05) is 0 Å². The third kappa shape index (κ3) is 5.13. The van der Waals surface area contributed by atoms with E-state index >= 15 is 0 Å². The molecule has 2 aliphatic heterocycles. The SMILES string of the molecule is O=C(Nc1ccc(F)cc1)N1CCC(Nc2ncnc3cc(N4CCNCC4)c([N+](=O)[O-])cc23)CC1. The zero-order chi connectivity index (χ0) is 25.1. The molecule has 2 aromatic carbocycles. The molecule has 36 heavy (non-hydrogen) atoms. The number of benzene rings is 2. The molecule has 0 bridgehead atoms. The maximum absolute atomic E-state index is 13.1. The number of carbonyl (C=O) groups is 1. The lowest BCUT2D eigenvalue weighted by molar-refractivity contribution is -0.384. The summed E-state index contributed by atoms with van der Waals surface area (Å²) in [6.45, 7) is 3.98. The summed E-state index contributed by atoms with van der Waals surface area (Å²) in [5, 5.41) is 21.9. The number of carbonyl (C=O) groups excluding carboxylic acids is 1. The number of likely N-dealkylation sites (tertiary alicyclic amines) is 1. The topological polar surface area (TPSA) is 129 Å². The van der Waals surface area contributed by atoms with Crippen molar-refractivity contribution in [1.29, 1.82) is 0 Å². The average Bonchev–Trinajstić information content (AvgIpc) is 2.90. The molecule has 3 N–H and O–H groups in total. The molecule has 12 heteroatoms. The van der Waals surface area contributed by atoms with Crippen molar-refractivity contribution in [3.63, 3.8) is 0 Å². The summed E-state index contributed by atoms with van der Waals surface area (Å²) < 4.78 is 13.1. The molecular formula is C24H27FN8O3. The minimum Gasteiger partial charge on any atom is -0.367 e. The first-order valence-electron chi connectivity index (χ1n) is 11.9. The Morgan fingerprint density at radius 1 is 1.08 bits per heavy atom. The van der Waals surface area contributed by atoms with Crippen LogP contribution in [0.25, 0.3) is 10.9 Å². The molecule has 2 amide bonds. The van der Waals surface area contributed by atoms with Gasteiger partial charge in [-0.05, 0) is 43.2 Å². The Morgan fingerprint density at radius 3 is 2.50 bits per heavy atom. The molecule has 0 aliphatic carbocycles. The highest BCUT2D eigenvalue weighted by Gasteiger charge is 2.26. The first kappa shape index (κ1) is 23.7. The third-order valence-corrected chi connectivity index (χ3v) is 6.60. The van der Waals surface area contributed by atoms with Crippen LogP contribution >= 0.6 is 0 Å². The van der Waals surface area contributed by atoms with E-state index in [9.17, 15) is 19.3 Å². The highest BCUT2D eigenvalue weighted by atomic mass is 19.1. The molecule has 3 aromatic rings. The van der Waals surface area contributed by atoms with Gasteiger partial charge in [0.1, 0.15) is 23.6 Å². The molecule has 11 nitrogen and oxygen atoms in total. The van der Waals surface area contributed by atoms with Gasteiger partial charge in [-0.15, -0.1) is 0 Å². The monoisotopic (exact) mass is 494 g/mol. The second-order valence-corrected chi connectivity index (χ2v) is 8.92. The summed E-state index contributed by atoms with van der Waals surface area (Å²) in [6.07, 6.45) is 2.83. The number of nitro benzene ring substituents is 1. The van der Waals surface area contributed by atoms with Crippen LogP contribution in [0.3, 0.4) is 0 Å². The number of nitrogens with zero attached hydrogens (tertiary/aromatic N) is 5. The number of rotatable bonds is 5. The van der Waals surface area contributed by atoms with E-state index in [1.165, 1.54) is 30.6 Å². The number of amides is 2. The van der Waals surface area contributed by atoms with Gasteiger partial charge in [-0.25, -0.2) is 19.2 Å². The van der Waals surface area contributed by atoms with Gasteiger partial charge in [-0.3, -0.25) is 10.1 Å². The zero-order valence-electron chi connectivity index (χ0n) is 19.6. The summed E-state index contributed by atoms with van der Waals surface area (Å²) in [5.41, 5.74) is 1.78. The van der Waals surface area contributed by atoms with Crippen LogP contribution in [0.4, 0.5) is 32.1 Å². The number of fused-ring (bicyclic) bond motifs is 1. The van der Waals surface area contributed by atoms with Crippen molar-refractivity contribution in [3.05, 3.63) is 58.7 Å². The molecule has 2 aliphatic rings. The molecule has 3 heterocycles. The Hall–Kier alpha value is -4.06. The van der Waals surface area contributed by atoms with E-state index in [0.717, 1.165) is 13.1 Å². The number of hydrogen-bond donors (Lipinski definition) is 3. The number of hydrogen-bond acceptors (Lipinski definition) is 8. The van der Waals surface area contributed by atoms with Gasteiger partial charge in [0, 0.05) is 62.5 Å². The van der Waals surface area contributed by atoms with Crippen LogP contribution in [0.5, 0.6) is 0 Å². The largest absolute Gasteiger partial charge is 0.367 e. The number of nitro groups is 1. The molecule has 0 spiro atoms. The first-order valence-corrected chi connectivity index (χ1v) is 11.9. The number of aromatic nitrogens is 2. The standard InChI is InChI=1S/C24H27FN8O3/c25-16-1-3-17(4-2-16)30-24(34)32-9-5-18(6-10-32)29-23-19-13-22(33(35)36)21(14-20(19)27-15-28-23)31-11-7-26-8-12-31/h1-4,13-15,18,26H,5-12H2,(H,30,34)(H,27,28,29). The maximum Gasteiger partial charge on any atom is 0.321 e. The normalized spacial score (nSPS) is 16.7. The predicted molar refractivity (Wildman–Crippen MR) is 135 cm³/mol. The second kappa shape index (κ2) is 10.3. The van der Waals surface area contributed by atoms with Crippen LogP contribution in [0, 0.1) is 15.9 Å². The van der Waals surface area contributed by atoms with Crippen LogP contribution in [-0.4, -0.2) is 71.1 Å². The molecule has 0 radical (unpaired) electrons. The van der Waals surface area contributed by atoms with Gasteiger partial charge >= 0.3 is 6.03 Å². The van der Waals surface area contributed by atoms with Crippen molar-refractivity contribution < 1.29 is 14.1 Å².